The summed E-state index contributed by atoms with van der Waals surface area (Å²) in [5.74, 6) is -1.07. The van der Waals surface area contributed by atoms with Gasteiger partial charge in [-0.25, -0.2) is 8.42 Å². The molecule has 0 spiro atoms. The third-order valence-corrected chi connectivity index (χ3v) is 8.90. The highest BCUT2D eigenvalue weighted by molar-refractivity contribution is 7.88. The molecule has 1 aromatic rings. The lowest BCUT2D eigenvalue weighted by Gasteiger charge is -2.31. The summed E-state index contributed by atoms with van der Waals surface area (Å²) in [5, 5.41) is 3.22. The van der Waals surface area contributed by atoms with Crippen LogP contribution in [0.15, 0.2) is 24.5 Å². The maximum absolute atomic E-state index is 13.6. The Morgan fingerprint density at radius 3 is 2.60 bits per heavy atom. The zero-order valence-electron chi connectivity index (χ0n) is 20.4. The zero-order chi connectivity index (χ0) is 25.2. The fourth-order valence-corrected chi connectivity index (χ4v) is 7.20. The molecule has 3 fully saturated rings. The lowest BCUT2D eigenvalue weighted by molar-refractivity contribution is -0.144. The average molecular weight is 506 g/mol. The number of rotatable bonds is 8. The van der Waals surface area contributed by atoms with Crippen LogP contribution in [0.5, 0.6) is 0 Å². The van der Waals surface area contributed by atoms with Crippen LogP contribution in [0.1, 0.15) is 38.7 Å². The van der Waals surface area contributed by atoms with Crippen LogP contribution >= 0.6 is 0 Å². The molecule has 1 N–H and O–H groups in total. The van der Waals surface area contributed by atoms with Crippen molar-refractivity contribution >= 4 is 27.6 Å². The summed E-state index contributed by atoms with van der Waals surface area (Å²) >= 11 is 0. The largest absolute Gasteiger partial charge is 0.340 e. The summed E-state index contributed by atoms with van der Waals surface area (Å²) in [4.78, 5) is 46.9. The van der Waals surface area contributed by atoms with Gasteiger partial charge >= 0.3 is 0 Å². The predicted molar refractivity (Wildman–Crippen MR) is 129 cm³/mol. The van der Waals surface area contributed by atoms with E-state index in [1.807, 2.05) is 13.8 Å². The molecule has 4 heterocycles. The van der Waals surface area contributed by atoms with Gasteiger partial charge in [-0.3, -0.25) is 19.4 Å². The standard InChI is InChI=1S/C24H35N5O5S/c1-17(2)12-19(13-22(31)27-10-7-25-8-11-27)24(32)28-9-5-20-23(28)21(30)15-29(20)35(33,34)16-18-4-3-6-26-14-18/h3-4,6,14,17,19-20,23,25H,5,7-13,15-16H2,1-2H3. The highest BCUT2D eigenvalue weighted by Gasteiger charge is 2.54. The Morgan fingerprint density at radius 2 is 1.94 bits per heavy atom. The number of ketones is 1. The molecule has 192 valence electrons. The number of carbonyl (C=O) groups excluding carboxylic acids is 3. The Balaban J connectivity index is 1.48. The van der Waals surface area contributed by atoms with Crippen molar-refractivity contribution in [2.24, 2.45) is 11.8 Å². The van der Waals surface area contributed by atoms with Crippen molar-refractivity contribution in [3.8, 4) is 0 Å². The molecule has 10 nitrogen and oxygen atoms in total. The number of likely N-dealkylation sites (tertiary alicyclic amines) is 1. The van der Waals surface area contributed by atoms with Crippen molar-refractivity contribution in [2.75, 3.05) is 39.3 Å². The average Bonchev–Trinajstić information content (AvgIpc) is 3.40. The van der Waals surface area contributed by atoms with Crippen LogP contribution in [0.2, 0.25) is 0 Å². The van der Waals surface area contributed by atoms with Crippen LogP contribution in [0.3, 0.4) is 0 Å². The van der Waals surface area contributed by atoms with Crippen molar-refractivity contribution in [3.05, 3.63) is 30.1 Å². The molecule has 3 aliphatic heterocycles. The van der Waals surface area contributed by atoms with Crippen LogP contribution in [0.25, 0.3) is 0 Å². The van der Waals surface area contributed by atoms with Crippen LogP contribution in [-0.2, 0) is 30.2 Å². The number of nitrogens with one attached hydrogen (secondary N) is 1. The number of fused-ring (bicyclic) bond motifs is 1. The van der Waals surface area contributed by atoms with E-state index in [9.17, 15) is 22.8 Å². The molecule has 0 radical (unpaired) electrons. The van der Waals surface area contributed by atoms with Crippen LogP contribution in [0, 0.1) is 11.8 Å². The van der Waals surface area contributed by atoms with Gasteiger partial charge in [0, 0.05) is 57.5 Å². The van der Waals surface area contributed by atoms with Gasteiger partial charge in [0.25, 0.3) is 0 Å². The maximum Gasteiger partial charge on any atom is 0.226 e. The second kappa shape index (κ2) is 10.7. The monoisotopic (exact) mass is 505 g/mol. The SMILES string of the molecule is CC(C)CC(CC(=O)N1CCNCC1)C(=O)N1CCC2C1C(=O)CN2S(=O)(=O)Cc1cccnc1. The van der Waals surface area contributed by atoms with Crippen LogP contribution in [0.4, 0.5) is 0 Å². The minimum absolute atomic E-state index is 0.0420. The summed E-state index contributed by atoms with van der Waals surface area (Å²) < 4.78 is 27.6. The second-order valence-corrected chi connectivity index (χ2v) is 12.0. The third kappa shape index (κ3) is 5.73. The molecule has 4 rings (SSSR count). The molecule has 3 atom stereocenters. The van der Waals surface area contributed by atoms with Gasteiger partial charge in [-0.05, 0) is 30.4 Å². The molecule has 3 unspecified atom stereocenters. The van der Waals surface area contributed by atoms with E-state index in [-0.39, 0.29) is 42.2 Å². The summed E-state index contributed by atoms with van der Waals surface area (Å²) in [5.41, 5.74) is 0.553. The number of piperazine rings is 1. The molecule has 0 aromatic carbocycles. The van der Waals surface area contributed by atoms with Gasteiger partial charge in [-0.1, -0.05) is 19.9 Å². The first-order chi connectivity index (χ1) is 16.7. The van der Waals surface area contributed by atoms with Gasteiger partial charge in [-0.2, -0.15) is 4.31 Å². The van der Waals surface area contributed by atoms with Gasteiger partial charge < -0.3 is 15.1 Å². The summed E-state index contributed by atoms with van der Waals surface area (Å²) in [6, 6.07) is 2.03. The van der Waals surface area contributed by atoms with E-state index in [1.54, 1.807) is 28.1 Å². The van der Waals surface area contributed by atoms with E-state index in [4.69, 9.17) is 0 Å². The van der Waals surface area contributed by atoms with E-state index >= 15 is 0 Å². The van der Waals surface area contributed by atoms with Crippen molar-refractivity contribution in [2.45, 2.75) is 50.9 Å². The van der Waals surface area contributed by atoms with E-state index < -0.39 is 28.0 Å². The quantitative estimate of drug-likeness (QED) is 0.538. The molecule has 2 amide bonds. The fraction of sp³-hybridized carbons (Fsp3) is 0.667. The molecule has 3 aliphatic rings. The Hall–Kier alpha value is -2.37. The smallest absolute Gasteiger partial charge is 0.226 e. The number of carbonyl (C=O) groups is 3. The maximum atomic E-state index is 13.6. The molecular formula is C24H35N5O5S. The second-order valence-electron chi connectivity index (χ2n) is 10.1. The molecule has 0 aliphatic carbocycles. The minimum Gasteiger partial charge on any atom is -0.340 e. The molecule has 35 heavy (non-hydrogen) atoms. The minimum atomic E-state index is -3.75. The molecule has 0 bridgehead atoms. The van der Waals surface area contributed by atoms with E-state index in [1.165, 1.54) is 10.5 Å². The Labute approximate surface area is 207 Å². The van der Waals surface area contributed by atoms with Gasteiger partial charge in [0.05, 0.1) is 18.3 Å². The normalized spacial score (nSPS) is 24.1. The van der Waals surface area contributed by atoms with Crippen molar-refractivity contribution in [3.63, 3.8) is 0 Å². The number of Topliss-reactive ketones (excluding diaryl/α,β-unsaturated/α-hetero) is 1. The molecule has 1 aromatic heterocycles. The van der Waals surface area contributed by atoms with Gasteiger partial charge in [0.1, 0.15) is 6.04 Å². The number of nitrogens with zero attached hydrogens (tertiary/aromatic N) is 4. The highest BCUT2D eigenvalue weighted by atomic mass is 32.2. The Bertz CT molecular complexity index is 1040. The van der Waals surface area contributed by atoms with E-state index in [0.717, 1.165) is 13.1 Å². The summed E-state index contributed by atoms with van der Waals surface area (Å²) in [6.45, 7) is 6.83. The zero-order valence-corrected chi connectivity index (χ0v) is 21.2. The molecule has 11 heteroatoms. The van der Waals surface area contributed by atoms with Crippen LogP contribution < -0.4 is 5.32 Å². The van der Waals surface area contributed by atoms with Crippen molar-refractivity contribution in [1.82, 2.24) is 24.4 Å². The number of pyridine rings is 1. The summed E-state index contributed by atoms with van der Waals surface area (Å²) in [7, 11) is -3.75. The molecule has 3 saturated heterocycles. The van der Waals surface area contributed by atoms with Gasteiger partial charge in [0.15, 0.2) is 5.78 Å². The Kier molecular flexibility index (Phi) is 7.87. The highest BCUT2D eigenvalue weighted by Crippen LogP contribution is 2.34. The first-order valence-electron chi connectivity index (χ1n) is 12.4. The van der Waals surface area contributed by atoms with Gasteiger partial charge in [0.2, 0.25) is 21.8 Å². The summed E-state index contributed by atoms with van der Waals surface area (Å²) in [6.07, 6.45) is 4.15. The first kappa shape index (κ1) is 25.7. The number of sulfonamides is 1. The number of hydrogen-bond acceptors (Lipinski definition) is 7. The number of hydrogen-bond donors (Lipinski definition) is 1. The molecule has 0 saturated carbocycles. The topological polar surface area (TPSA) is 120 Å². The van der Waals surface area contributed by atoms with E-state index in [0.29, 0.717) is 38.0 Å². The van der Waals surface area contributed by atoms with Crippen molar-refractivity contribution in [1.29, 1.82) is 0 Å². The van der Waals surface area contributed by atoms with Crippen LogP contribution in [-0.4, -0.2) is 96.5 Å². The third-order valence-electron chi connectivity index (χ3n) is 7.09. The molecular weight excluding hydrogens is 470 g/mol. The Morgan fingerprint density at radius 1 is 1.20 bits per heavy atom. The lowest BCUT2D eigenvalue weighted by atomic mass is 9.91. The van der Waals surface area contributed by atoms with E-state index in [2.05, 4.69) is 10.3 Å². The van der Waals surface area contributed by atoms with Crippen molar-refractivity contribution < 1.29 is 22.8 Å². The number of aromatic nitrogens is 1. The number of amides is 2. The van der Waals surface area contributed by atoms with Gasteiger partial charge in [-0.15, -0.1) is 0 Å². The lowest BCUT2D eigenvalue weighted by Crippen LogP contribution is -2.49. The predicted octanol–water partition coefficient (Wildman–Crippen LogP) is 0.250. The fourth-order valence-electron chi connectivity index (χ4n) is 5.49. The first-order valence-corrected chi connectivity index (χ1v) is 14.0.